The molecule has 2 heterocycles. The first-order chi connectivity index (χ1) is 31.8. The number of aromatic amines is 1. The number of ether oxygens (including phenoxy) is 3. The van der Waals surface area contributed by atoms with Gasteiger partial charge in [0.15, 0.2) is 5.79 Å². The molecule has 360 valence electrons. The van der Waals surface area contributed by atoms with Gasteiger partial charge in [-0.1, -0.05) is 19.9 Å². The fraction of sp³-hybridized carbons (Fsp3) is 0.478. The van der Waals surface area contributed by atoms with Crippen molar-refractivity contribution in [2.24, 2.45) is 5.92 Å². The number of fused-ring (bicyclic) bond motifs is 1. The average molecular weight is 939 g/mol. The third-order valence-electron chi connectivity index (χ3n) is 11.1. The number of alkyl halides is 3. The van der Waals surface area contributed by atoms with E-state index in [9.17, 15) is 56.3 Å². The van der Waals surface area contributed by atoms with Crippen LogP contribution in [0.15, 0.2) is 59.4 Å². The van der Waals surface area contributed by atoms with E-state index in [0.29, 0.717) is 30.6 Å². The largest absolute Gasteiger partial charge is 0.471 e. The van der Waals surface area contributed by atoms with E-state index in [1.807, 2.05) is 0 Å². The van der Waals surface area contributed by atoms with Crippen molar-refractivity contribution >= 4 is 69.6 Å². The number of imide groups is 1. The van der Waals surface area contributed by atoms with Crippen LogP contribution in [0.3, 0.4) is 0 Å². The van der Waals surface area contributed by atoms with E-state index in [0.717, 1.165) is 49.1 Å². The maximum Gasteiger partial charge on any atom is 0.471 e. The minimum absolute atomic E-state index is 0.00800. The summed E-state index contributed by atoms with van der Waals surface area (Å²) in [6, 6.07) is 7.30. The maximum atomic E-state index is 13.8. The number of carbonyl (C=O) groups is 8. The molecule has 0 unspecified atom stereocenters. The Morgan fingerprint density at radius 2 is 1.48 bits per heavy atom. The zero-order valence-electron chi connectivity index (χ0n) is 37.3. The predicted octanol–water partition coefficient (Wildman–Crippen LogP) is 4.98. The van der Waals surface area contributed by atoms with Crippen LogP contribution in [0.5, 0.6) is 0 Å². The molecular weight excluding hydrogens is 886 g/mol. The highest BCUT2D eigenvalue weighted by molar-refractivity contribution is 6.13. The first-order valence-corrected chi connectivity index (χ1v) is 21.9. The van der Waals surface area contributed by atoms with Crippen molar-refractivity contribution in [2.75, 3.05) is 37.1 Å². The van der Waals surface area contributed by atoms with E-state index in [1.54, 1.807) is 13.8 Å². The number of hydrogen-bond donors (Lipinski definition) is 3. The number of carbonyl (C=O) groups excluding carboxylic acids is 8. The molecule has 1 atom stereocenters. The van der Waals surface area contributed by atoms with Gasteiger partial charge in [-0.05, 0) is 74.1 Å². The number of esters is 1. The standard InChI is InChI=1S/C46H53F3N6O12/c1-28(2)39(60)52-44-51-35-16-10-29(26-34(35)41(62)53-44)27-55(43(64)46(47,48)49)31-13-11-30(12-14-31)40(61)50-36(42(63)65-3)17-15-32(56)8-6-24-66-45(21-4-5-22-45)67-25-7-9-33(57)20-23-54-37(58)18-19-38(54)59/h10-14,16,18-19,26,28,36H,4-9,15,17,20-25,27H2,1-3H3,(H,50,61)(H2,51,52,53,60,62)/t36-/m0/s1. The van der Waals surface area contributed by atoms with Gasteiger partial charge in [-0.2, -0.15) is 13.2 Å². The van der Waals surface area contributed by atoms with Gasteiger partial charge < -0.3 is 24.4 Å². The molecule has 1 aliphatic carbocycles. The Kier molecular flexibility index (Phi) is 17.8. The molecule has 3 N–H and O–H groups in total. The molecule has 21 heteroatoms. The van der Waals surface area contributed by atoms with Crippen molar-refractivity contribution in [3.8, 4) is 0 Å². The molecule has 0 spiro atoms. The fourth-order valence-corrected chi connectivity index (χ4v) is 7.39. The van der Waals surface area contributed by atoms with Crippen LogP contribution in [-0.4, -0.2) is 107 Å². The second-order valence-electron chi connectivity index (χ2n) is 16.4. The number of nitrogens with one attached hydrogen (secondary N) is 3. The minimum Gasteiger partial charge on any atom is -0.467 e. The Bertz CT molecular complexity index is 2410. The number of Topliss-reactive ketones (excluding diaryl/α,β-unsaturated/α-hetero) is 2. The summed E-state index contributed by atoms with van der Waals surface area (Å²) < 4.78 is 58.6. The number of benzene rings is 2. The Hall–Kier alpha value is -6.61. The van der Waals surface area contributed by atoms with Gasteiger partial charge in [-0.3, -0.25) is 53.6 Å². The number of nitrogens with zero attached hydrogens (tertiary/aromatic N) is 3. The van der Waals surface area contributed by atoms with E-state index < -0.39 is 71.5 Å². The zero-order chi connectivity index (χ0) is 48.9. The van der Waals surface area contributed by atoms with E-state index in [-0.39, 0.29) is 97.1 Å². The van der Waals surface area contributed by atoms with Gasteiger partial charge in [0, 0.05) is 74.4 Å². The van der Waals surface area contributed by atoms with Gasteiger partial charge in [0.2, 0.25) is 11.9 Å². The Labute approximate surface area is 382 Å². The van der Waals surface area contributed by atoms with Crippen LogP contribution in [0, 0.1) is 5.92 Å². The lowest BCUT2D eigenvalue weighted by atomic mass is 10.0. The molecule has 0 bridgehead atoms. The number of aromatic nitrogens is 2. The summed E-state index contributed by atoms with van der Waals surface area (Å²) >= 11 is 0. The summed E-state index contributed by atoms with van der Waals surface area (Å²) in [5.41, 5.74) is -0.724. The van der Waals surface area contributed by atoms with E-state index in [2.05, 4.69) is 20.6 Å². The van der Waals surface area contributed by atoms with Crippen molar-refractivity contribution in [3.63, 3.8) is 0 Å². The molecule has 1 aromatic heterocycles. The minimum atomic E-state index is -5.30. The van der Waals surface area contributed by atoms with Crippen LogP contribution in [0.4, 0.5) is 24.8 Å². The lowest BCUT2D eigenvalue weighted by Gasteiger charge is -2.29. The Morgan fingerprint density at radius 1 is 0.866 bits per heavy atom. The van der Waals surface area contributed by atoms with Gasteiger partial charge >= 0.3 is 18.1 Å². The van der Waals surface area contributed by atoms with Crippen molar-refractivity contribution < 1.29 is 65.7 Å². The normalized spacial score (nSPS) is 14.9. The third kappa shape index (κ3) is 14.4. The molecule has 0 saturated heterocycles. The van der Waals surface area contributed by atoms with E-state index in [4.69, 9.17) is 14.2 Å². The molecule has 2 aromatic carbocycles. The summed E-state index contributed by atoms with van der Waals surface area (Å²) in [7, 11) is 1.10. The number of ketones is 2. The molecular formula is C46H53F3N6O12. The smallest absolute Gasteiger partial charge is 0.467 e. The van der Waals surface area contributed by atoms with Gasteiger partial charge in [-0.25, -0.2) is 9.78 Å². The summed E-state index contributed by atoms with van der Waals surface area (Å²) in [5, 5.41) is 4.97. The van der Waals surface area contributed by atoms with Gasteiger partial charge in [0.1, 0.15) is 17.6 Å². The number of amides is 5. The monoisotopic (exact) mass is 938 g/mol. The third-order valence-corrected chi connectivity index (χ3v) is 11.1. The van der Waals surface area contributed by atoms with Crippen LogP contribution in [0.1, 0.15) is 100 Å². The SMILES string of the molecule is COC(=O)[C@H](CCC(=O)CCCOC1(OCCCC(=O)CCN2C(=O)C=CC2=O)CCCC1)NC(=O)c1ccc(N(Cc2ccc3nc(NC(=O)C(C)C)[nH]c(=O)c3c2)C(=O)C(F)(F)F)cc1. The maximum absolute atomic E-state index is 13.8. The summed E-state index contributed by atoms with van der Waals surface area (Å²) in [6.07, 6.45) is 1.00. The second-order valence-corrected chi connectivity index (χ2v) is 16.4. The highest BCUT2D eigenvalue weighted by Crippen LogP contribution is 2.35. The van der Waals surface area contributed by atoms with E-state index >= 15 is 0 Å². The zero-order valence-corrected chi connectivity index (χ0v) is 37.3. The van der Waals surface area contributed by atoms with Crippen molar-refractivity contribution in [1.82, 2.24) is 20.2 Å². The van der Waals surface area contributed by atoms with Crippen molar-refractivity contribution in [1.29, 1.82) is 0 Å². The molecule has 18 nitrogen and oxygen atoms in total. The number of hydrogen-bond acceptors (Lipinski definition) is 13. The molecule has 3 aromatic rings. The quantitative estimate of drug-likeness (QED) is 0.0465. The summed E-state index contributed by atoms with van der Waals surface area (Å²) in [5.74, 6) is -6.81. The van der Waals surface area contributed by atoms with Crippen LogP contribution in [-0.2, 0) is 54.3 Å². The fourth-order valence-electron chi connectivity index (χ4n) is 7.39. The number of halogens is 3. The van der Waals surface area contributed by atoms with Crippen LogP contribution in [0.25, 0.3) is 10.9 Å². The van der Waals surface area contributed by atoms with Crippen LogP contribution >= 0.6 is 0 Å². The molecule has 67 heavy (non-hydrogen) atoms. The topological polar surface area (TPSA) is 241 Å². The molecule has 1 fully saturated rings. The number of anilines is 2. The van der Waals surface area contributed by atoms with E-state index in [1.165, 1.54) is 30.4 Å². The molecule has 0 radical (unpaired) electrons. The molecule has 2 aliphatic rings. The molecule has 5 amide bonds. The first-order valence-electron chi connectivity index (χ1n) is 21.9. The first kappa shape index (κ1) is 51.4. The predicted molar refractivity (Wildman–Crippen MR) is 234 cm³/mol. The average Bonchev–Trinajstić information content (AvgIpc) is 3.90. The van der Waals surface area contributed by atoms with Crippen molar-refractivity contribution in [3.05, 3.63) is 76.1 Å². The van der Waals surface area contributed by atoms with Gasteiger partial charge in [0.05, 0.1) is 37.8 Å². The van der Waals surface area contributed by atoms with Crippen molar-refractivity contribution in [2.45, 2.75) is 109 Å². The summed E-state index contributed by atoms with van der Waals surface area (Å²) in [4.78, 5) is 120. The molecule has 1 aliphatic heterocycles. The number of H-pyrrole nitrogens is 1. The number of rotatable bonds is 24. The lowest BCUT2D eigenvalue weighted by Crippen LogP contribution is -2.42. The lowest BCUT2D eigenvalue weighted by molar-refractivity contribution is -0.233. The highest BCUT2D eigenvalue weighted by Gasteiger charge is 2.43. The van der Waals surface area contributed by atoms with Crippen LogP contribution < -0.4 is 21.1 Å². The summed E-state index contributed by atoms with van der Waals surface area (Å²) in [6.45, 7) is 3.14. The molecule has 5 rings (SSSR count). The Balaban J connectivity index is 1.10. The van der Waals surface area contributed by atoms with Gasteiger partial charge in [0.25, 0.3) is 23.3 Å². The van der Waals surface area contributed by atoms with Crippen LogP contribution in [0.2, 0.25) is 0 Å². The highest BCUT2D eigenvalue weighted by atomic mass is 19.4. The number of methoxy groups -OCH3 is 1. The second kappa shape index (κ2) is 23.2. The molecule has 1 saturated carbocycles. The Morgan fingerprint density at radius 3 is 2.06 bits per heavy atom. The van der Waals surface area contributed by atoms with Gasteiger partial charge in [-0.15, -0.1) is 0 Å².